The van der Waals surface area contributed by atoms with Gasteiger partial charge in [0.25, 0.3) is 5.91 Å². The van der Waals surface area contributed by atoms with Crippen LogP contribution in [0.1, 0.15) is 49.9 Å². The van der Waals surface area contributed by atoms with Gasteiger partial charge in [-0.3, -0.25) is 9.59 Å². The summed E-state index contributed by atoms with van der Waals surface area (Å²) in [5.74, 6) is 0.971. The molecule has 1 aromatic rings. The Morgan fingerprint density at radius 1 is 1.12 bits per heavy atom. The summed E-state index contributed by atoms with van der Waals surface area (Å²) < 4.78 is 0. The summed E-state index contributed by atoms with van der Waals surface area (Å²) in [6.45, 7) is 7.60. The molecule has 0 bridgehead atoms. The second-order valence-electron chi connectivity index (χ2n) is 7.15. The van der Waals surface area contributed by atoms with Crippen LogP contribution in [0.3, 0.4) is 0 Å². The Kier molecular flexibility index (Phi) is 5.99. The van der Waals surface area contributed by atoms with Gasteiger partial charge >= 0.3 is 0 Å². The molecule has 3 rings (SSSR count). The fourth-order valence-corrected chi connectivity index (χ4v) is 4.27. The summed E-state index contributed by atoms with van der Waals surface area (Å²) in [7, 11) is 0. The van der Waals surface area contributed by atoms with Gasteiger partial charge in [-0.05, 0) is 50.7 Å². The normalized spacial score (nSPS) is 19.9. The predicted molar refractivity (Wildman–Crippen MR) is 99.7 cm³/mol. The lowest BCUT2D eigenvalue weighted by atomic mass is 9.99. The maximum atomic E-state index is 12.6. The summed E-state index contributed by atoms with van der Waals surface area (Å²) in [6.07, 6.45) is 6.00. The van der Waals surface area contributed by atoms with Crippen LogP contribution < -0.4 is 0 Å². The number of thioether (sulfide) groups is 1. The lowest BCUT2D eigenvalue weighted by Gasteiger charge is -2.32. The van der Waals surface area contributed by atoms with Crippen LogP contribution in [0.25, 0.3) is 0 Å². The first-order valence-corrected chi connectivity index (χ1v) is 10.1. The second-order valence-corrected chi connectivity index (χ2v) is 8.51. The van der Waals surface area contributed by atoms with Gasteiger partial charge in [0.05, 0.1) is 15.8 Å². The Labute approximate surface area is 154 Å². The summed E-state index contributed by atoms with van der Waals surface area (Å²) >= 11 is 1.47. The number of pyridine rings is 1. The first kappa shape index (κ1) is 18.2. The van der Waals surface area contributed by atoms with Crippen molar-refractivity contribution in [1.82, 2.24) is 14.8 Å². The van der Waals surface area contributed by atoms with Gasteiger partial charge in [0.15, 0.2) is 0 Å². The van der Waals surface area contributed by atoms with Crippen molar-refractivity contribution in [1.29, 1.82) is 0 Å². The van der Waals surface area contributed by atoms with E-state index in [1.165, 1.54) is 11.8 Å². The minimum atomic E-state index is -0.152. The van der Waals surface area contributed by atoms with Crippen LogP contribution in [0.5, 0.6) is 0 Å². The molecule has 0 saturated carbocycles. The number of carbonyl (C=O) groups excluding carboxylic acids is 2. The second kappa shape index (κ2) is 8.21. The lowest BCUT2D eigenvalue weighted by molar-refractivity contribution is -0.131. The Bertz CT molecular complexity index is 606. The number of likely N-dealkylation sites (tertiary alicyclic amines) is 2. The molecule has 1 atom stereocenters. The lowest BCUT2D eigenvalue weighted by Crippen LogP contribution is -2.41. The molecule has 2 fully saturated rings. The van der Waals surface area contributed by atoms with Crippen LogP contribution in [0.2, 0.25) is 0 Å². The first-order chi connectivity index (χ1) is 12.0. The molecular formula is C19H27N3O2S. The smallest absolute Gasteiger partial charge is 0.255 e. The van der Waals surface area contributed by atoms with Gasteiger partial charge in [0.1, 0.15) is 0 Å². The van der Waals surface area contributed by atoms with Gasteiger partial charge in [0.2, 0.25) is 5.91 Å². The van der Waals surface area contributed by atoms with Crippen molar-refractivity contribution in [3.63, 3.8) is 0 Å². The number of amides is 2. The molecule has 136 valence electrons. The van der Waals surface area contributed by atoms with Crippen LogP contribution >= 0.6 is 11.8 Å². The van der Waals surface area contributed by atoms with Crippen LogP contribution in [0.4, 0.5) is 0 Å². The molecule has 2 aliphatic rings. The first-order valence-electron chi connectivity index (χ1n) is 9.25. The van der Waals surface area contributed by atoms with Crippen molar-refractivity contribution in [3.8, 4) is 0 Å². The molecule has 0 N–H and O–H groups in total. The molecule has 0 aliphatic carbocycles. The van der Waals surface area contributed by atoms with Crippen molar-refractivity contribution in [2.45, 2.75) is 49.8 Å². The van der Waals surface area contributed by atoms with E-state index in [2.05, 4.69) is 11.9 Å². The third kappa shape index (κ3) is 4.54. The Hall–Kier alpha value is -1.56. The quantitative estimate of drug-likeness (QED) is 0.774. The minimum absolute atomic E-state index is 0.0631. The van der Waals surface area contributed by atoms with Crippen molar-refractivity contribution >= 4 is 23.6 Å². The number of hydrogen-bond donors (Lipinski definition) is 0. The van der Waals surface area contributed by atoms with Gasteiger partial charge in [-0.1, -0.05) is 18.7 Å². The molecular weight excluding hydrogens is 334 g/mol. The fourth-order valence-electron chi connectivity index (χ4n) is 3.40. The van der Waals surface area contributed by atoms with Crippen LogP contribution in [-0.2, 0) is 4.79 Å². The van der Waals surface area contributed by atoms with Crippen LogP contribution in [0.15, 0.2) is 23.4 Å². The number of piperidine rings is 1. The molecule has 5 nitrogen and oxygen atoms in total. The Morgan fingerprint density at radius 2 is 1.80 bits per heavy atom. The van der Waals surface area contributed by atoms with Crippen molar-refractivity contribution < 1.29 is 9.59 Å². The van der Waals surface area contributed by atoms with E-state index in [-0.39, 0.29) is 17.1 Å². The van der Waals surface area contributed by atoms with Crippen LogP contribution in [0, 0.1) is 5.92 Å². The average molecular weight is 362 g/mol. The SMILES string of the molecule is CC1CCN(C(=O)C(C)Sc2ccc(C(=O)N3CCCC3)cn2)CC1. The summed E-state index contributed by atoms with van der Waals surface area (Å²) in [5, 5.41) is 0.644. The number of hydrogen-bond acceptors (Lipinski definition) is 4. The van der Waals surface area contributed by atoms with Crippen molar-refractivity contribution in [2.24, 2.45) is 5.92 Å². The van der Waals surface area contributed by atoms with E-state index in [1.54, 1.807) is 6.20 Å². The molecule has 1 unspecified atom stereocenters. The Balaban J connectivity index is 1.55. The number of carbonyl (C=O) groups is 2. The summed E-state index contributed by atoms with van der Waals surface area (Å²) in [6, 6.07) is 3.69. The van der Waals surface area contributed by atoms with E-state index < -0.39 is 0 Å². The van der Waals surface area contributed by atoms with Crippen molar-refractivity contribution in [3.05, 3.63) is 23.9 Å². The molecule has 0 spiro atoms. The number of nitrogens with zero attached hydrogens (tertiary/aromatic N) is 3. The highest BCUT2D eigenvalue weighted by molar-refractivity contribution is 8.00. The molecule has 3 heterocycles. The molecule has 6 heteroatoms. The van der Waals surface area contributed by atoms with E-state index in [0.717, 1.165) is 62.8 Å². The maximum Gasteiger partial charge on any atom is 0.255 e. The van der Waals surface area contributed by atoms with Crippen LogP contribution in [-0.4, -0.2) is 58.0 Å². The molecule has 0 aromatic carbocycles. The highest BCUT2D eigenvalue weighted by Crippen LogP contribution is 2.25. The highest BCUT2D eigenvalue weighted by atomic mass is 32.2. The van der Waals surface area contributed by atoms with Gasteiger partial charge in [-0.25, -0.2) is 4.98 Å². The molecule has 1 aromatic heterocycles. The largest absolute Gasteiger partial charge is 0.342 e. The third-order valence-electron chi connectivity index (χ3n) is 5.12. The van der Waals surface area contributed by atoms with E-state index in [9.17, 15) is 9.59 Å². The standard InChI is InChI=1S/C19H27N3O2S/c1-14-7-11-22(12-8-14)18(23)15(2)25-17-6-5-16(13-20-17)19(24)21-9-3-4-10-21/h5-6,13-15H,3-4,7-12H2,1-2H3. The summed E-state index contributed by atoms with van der Waals surface area (Å²) in [5.41, 5.74) is 0.634. The number of rotatable bonds is 4. The zero-order valence-corrected chi connectivity index (χ0v) is 15.9. The van der Waals surface area contributed by atoms with Gasteiger partial charge in [-0.2, -0.15) is 0 Å². The minimum Gasteiger partial charge on any atom is -0.342 e. The zero-order valence-electron chi connectivity index (χ0n) is 15.1. The zero-order chi connectivity index (χ0) is 17.8. The van der Waals surface area contributed by atoms with Gasteiger partial charge in [0, 0.05) is 32.4 Å². The highest BCUT2D eigenvalue weighted by Gasteiger charge is 2.25. The average Bonchev–Trinajstić information content (AvgIpc) is 3.16. The van der Waals surface area contributed by atoms with E-state index in [1.807, 2.05) is 28.9 Å². The molecule has 25 heavy (non-hydrogen) atoms. The van der Waals surface area contributed by atoms with E-state index in [0.29, 0.717) is 5.56 Å². The maximum absolute atomic E-state index is 12.6. The molecule has 0 radical (unpaired) electrons. The van der Waals surface area contributed by atoms with E-state index in [4.69, 9.17) is 0 Å². The van der Waals surface area contributed by atoms with Crippen molar-refractivity contribution in [2.75, 3.05) is 26.2 Å². The summed E-state index contributed by atoms with van der Waals surface area (Å²) in [4.78, 5) is 33.2. The number of aromatic nitrogens is 1. The fraction of sp³-hybridized carbons (Fsp3) is 0.632. The Morgan fingerprint density at radius 3 is 2.40 bits per heavy atom. The molecule has 2 amide bonds. The predicted octanol–water partition coefficient (Wildman–Crippen LogP) is 3.06. The molecule has 2 aliphatic heterocycles. The topological polar surface area (TPSA) is 53.5 Å². The molecule has 2 saturated heterocycles. The monoisotopic (exact) mass is 361 g/mol. The van der Waals surface area contributed by atoms with Gasteiger partial charge < -0.3 is 9.80 Å². The third-order valence-corrected chi connectivity index (χ3v) is 6.16. The van der Waals surface area contributed by atoms with Gasteiger partial charge in [-0.15, -0.1) is 0 Å². The van der Waals surface area contributed by atoms with E-state index >= 15 is 0 Å².